The van der Waals surface area contributed by atoms with Gasteiger partial charge in [-0.25, -0.2) is 0 Å². The van der Waals surface area contributed by atoms with Gasteiger partial charge in [0.25, 0.3) is 0 Å². The summed E-state index contributed by atoms with van der Waals surface area (Å²) in [6.45, 7) is 0.926. The molecule has 0 unspecified atom stereocenters. The second kappa shape index (κ2) is 3.14. The quantitative estimate of drug-likeness (QED) is 0.672. The van der Waals surface area contributed by atoms with Crippen molar-refractivity contribution >= 4 is 17.3 Å². The van der Waals surface area contributed by atoms with Crippen LogP contribution in [0.2, 0.25) is 0 Å². The van der Waals surface area contributed by atoms with Crippen LogP contribution in [0.3, 0.4) is 0 Å². The molecule has 1 aromatic heterocycles. The van der Waals surface area contributed by atoms with Gasteiger partial charge in [0.2, 0.25) is 0 Å². The smallest absolute Gasteiger partial charge is 0.397 e. The average molecular weight is 193 g/mol. The minimum absolute atomic E-state index is 0.377. The Bertz CT molecular complexity index is 273. The summed E-state index contributed by atoms with van der Waals surface area (Å²) < 4.78 is 29.3. The van der Waals surface area contributed by atoms with Crippen LogP contribution in [0.1, 0.15) is 11.8 Å². The molecule has 0 bridgehead atoms. The Morgan fingerprint density at radius 1 is 1.75 bits per heavy atom. The molecule has 0 saturated heterocycles. The highest BCUT2D eigenvalue weighted by atomic mass is 32.1. The van der Waals surface area contributed by atoms with Gasteiger partial charge in [-0.2, -0.15) is 8.78 Å². The second-order valence-corrected chi connectivity index (χ2v) is 2.86. The second-order valence-electron chi connectivity index (χ2n) is 1.98. The van der Waals surface area contributed by atoms with E-state index in [1.807, 2.05) is 0 Å². The minimum Gasteiger partial charge on any atom is -0.397 e. The molecule has 0 saturated carbocycles. The van der Waals surface area contributed by atoms with Crippen LogP contribution in [0, 0.1) is 0 Å². The standard InChI is InChI=1S/C6H5F2NO2S/c1-4(10)11-6(7,8)5-2-9-3-12-5/h2-3H,1H3. The van der Waals surface area contributed by atoms with E-state index in [9.17, 15) is 13.6 Å². The summed E-state index contributed by atoms with van der Waals surface area (Å²) in [6, 6.07) is 0. The summed E-state index contributed by atoms with van der Waals surface area (Å²) in [5.41, 5.74) is 1.24. The molecule has 0 radical (unpaired) electrons. The van der Waals surface area contributed by atoms with Crippen LogP contribution in [0.4, 0.5) is 8.78 Å². The molecule has 0 aromatic carbocycles. The van der Waals surface area contributed by atoms with Gasteiger partial charge >= 0.3 is 12.1 Å². The van der Waals surface area contributed by atoms with Crippen LogP contribution in [0.25, 0.3) is 0 Å². The molecule has 1 rings (SSSR count). The third-order valence-electron chi connectivity index (χ3n) is 0.991. The number of thiazole rings is 1. The van der Waals surface area contributed by atoms with Crippen LogP contribution in [0.5, 0.6) is 0 Å². The van der Waals surface area contributed by atoms with Crippen molar-refractivity contribution in [1.29, 1.82) is 0 Å². The fraction of sp³-hybridized carbons (Fsp3) is 0.333. The Morgan fingerprint density at radius 3 is 2.83 bits per heavy atom. The van der Waals surface area contributed by atoms with Crippen LogP contribution in [-0.4, -0.2) is 11.0 Å². The van der Waals surface area contributed by atoms with Crippen molar-refractivity contribution in [2.24, 2.45) is 0 Å². The highest BCUT2D eigenvalue weighted by Crippen LogP contribution is 2.31. The van der Waals surface area contributed by atoms with Gasteiger partial charge in [-0.3, -0.25) is 9.78 Å². The number of aromatic nitrogens is 1. The number of ether oxygens (including phenoxy) is 1. The first-order valence-electron chi connectivity index (χ1n) is 2.99. The zero-order valence-corrected chi connectivity index (χ0v) is 6.90. The van der Waals surface area contributed by atoms with Gasteiger partial charge < -0.3 is 4.74 Å². The Morgan fingerprint density at radius 2 is 2.42 bits per heavy atom. The largest absolute Gasteiger partial charge is 0.439 e. The van der Waals surface area contributed by atoms with Crippen molar-refractivity contribution in [3.8, 4) is 0 Å². The zero-order valence-electron chi connectivity index (χ0n) is 6.08. The van der Waals surface area contributed by atoms with Crippen LogP contribution in [-0.2, 0) is 15.6 Å². The molecule has 3 nitrogen and oxygen atoms in total. The molecule has 66 valence electrons. The summed E-state index contributed by atoms with van der Waals surface area (Å²) >= 11 is 0.734. The van der Waals surface area contributed by atoms with Gasteiger partial charge in [0, 0.05) is 6.92 Å². The van der Waals surface area contributed by atoms with Gasteiger partial charge in [0.1, 0.15) is 4.88 Å². The van der Waals surface area contributed by atoms with E-state index in [2.05, 4.69) is 9.72 Å². The molecule has 0 fully saturated rings. The first-order valence-corrected chi connectivity index (χ1v) is 3.86. The predicted octanol–water partition coefficient (Wildman–Crippen LogP) is 1.76. The van der Waals surface area contributed by atoms with E-state index in [4.69, 9.17) is 0 Å². The maximum Gasteiger partial charge on any atom is 0.439 e. The number of nitrogens with zero attached hydrogens (tertiary/aromatic N) is 1. The molecule has 6 heteroatoms. The van der Waals surface area contributed by atoms with Crippen LogP contribution < -0.4 is 0 Å². The van der Waals surface area contributed by atoms with Crippen molar-refractivity contribution in [3.05, 3.63) is 16.6 Å². The molecule has 0 aliphatic heterocycles. The number of alkyl halides is 2. The SMILES string of the molecule is CC(=O)OC(F)(F)c1cncs1. The van der Waals surface area contributed by atoms with Gasteiger partial charge in [-0.1, -0.05) is 0 Å². The summed E-state index contributed by atoms with van der Waals surface area (Å²) in [5, 5.41) is 0. The highest BCUT2D eigenvalue weighted by Gasteiger charge is 2.37. The van der Waals surface area contributed by atoms with Gasteiger partial charge in [0.05, 0.1) is 11.7 Å². The first-order chi connectivity index (χ1) is 5.52. The molecule has 1 heterocycles. The zero-order chi connectivity index (χ0) is 9.19. The summed E-state index contributed by atoms with van der Waals surface area (Å²) in [6.07, 6.45) is -2.58. The Kier molecular flexibility index (Phi) is 2.37. The highest BCUT2D eigenvalue weighted by molar-refractivity contribution is 7.09. The fourth-order valence-electron chi connectivity index (χ4n) is 0.590. The number of carbonyl (C=O) groups is 1. The normalized spacial score (nSPS) is 11.2. The number of rotatable bonds is 2. The molecule has 0 atom stereocenters. The van der Waals surface area contributed by atoms with E-state index in [0.29, 0.717) is 0 Å². The lowest BCUT2D eigenvalue weighted by Gasteiger charge is -2.12. The third-order valence-corrected chi connectivity index (χ3v) is 1.82. The molecule has 0 aliphatic carbocycles. The molecular weight excluding hydrogens is 188 g/mol. The van der Waals surface area contributed by atoms with Crippen molar-refractivity contribution in [3.63, 3.8) is 0 Å². The maximum absolute atomic E-state index is 12.8. The van der Waals surface area contributed by atoms with Crippen molar-refractivity contribution in [2.75, 3.05) is 0 Å². The number of esters is 1. The van der Waals surface area contributed by atoms with E-state index in [1.165, 1.54) is 5.51 Å². The number of hydrogen-bond acceptors (Lipinski definition) is 4. The first kappa shape index (κ1) is 9.05. The Balaban J connectivity index is 2.79. The fourth-order valence-corrected chi connectivity index (χ4v) is 1.13. The van der Waals surface area contributed by atoms with Crippen molar-refractivity contribution < 1.29 is 18.3 Å². The topological polar surface area (TPSA) is 39.2 Å². The number of halogens is 2. The number of hydrogen-bond donors (Lipinski definition) is 0. The monoisotopic (exact) mass is 193 g/mol. The lowest BCUT2D eigenvalue weighted by Crippen LogP contribution is -2.19. The van der Waals surface area contributed by atoms with Crippen molar-refractivity contribution in [2.45, 2.75) is 13.0 Å². The van der Waals surface area contributed by atoms with E-state index in [0.717, 1.165) is 24.5 Å². The maximum atomic E-state index is 12.8. The van der Waals surface area contributed by atoms with Gasteiger partial charge in [0.15, 0.2) is 0 Å². The summed E-state index contributed by atoms with van der Waals surface area (Å²) in [5.74, 6) is -1.02. The van der Waals surface area contributed by atoms with E-state index < -0.39 is 12.1 Å². The van der Waals surface area contributed by atoms with Gasteiger partial charge in [-0.15, -0.1) is 11.3 Å². The lowest BCUT2D eigenvalue weighted by molar-refractivity contribution is -0.236. The molecule has 1 aromatic rings. The van der Waals surface area contributed by atoms with Gasteiger partial charge in [-0.05, 0) is 0 Å². The summed E-state index contributed by atoms with van der Waals surface area (Å²) in [4.78, 5) is 13.3. The summed E-state index contributed by atoms with van der Waals surface area (Å²) in [7, 11) is 0. The van der Waals surface area contributed by atoms with E-state index in [-0.39, 0.29) is 4.88 Å². The van der Waals surface area contributed by atoms with E-state index in [1.54, 1.807) is 0 Å². The average Bonchev–Trinajstić information content (AvgIpc) is 2.32. The minimum atomic E-state index is -3.55. The molecule has 0 amide bonds. The van der Waals surface area contributed by atoms with E-state index >= 15 is 0 Å². The molecule has 0 aliphatic rings. The number of carbonyl (C=O) groups excluding carboxylic acids is 1. The molecule has 12 heavy (non-hydrogen) atoms. The van der Waals surface area contributed by atoms with Crippen LogP contribution >= 0.6 is 11.3 Å². The molecule has 0 N–H and O–H groups in total. The molecule has 0 spiro atoms. The third kappa shape index (κ3) is 1.97. The van der Waals surface area contributed by atoms with Crippen molar-refractivity contribution in [1.82, 2.24) is 4.98 Å². The van der Waals surface area contributed by atoms with Crippen LogP contribution in [0.15, 0.2) is 11.7 Å². The molecular formula is C6H5F2NO2S. The Labute approximate surface area is 71.0 Å². The predicted molar refractivity (Wildman–Crippen MR) is 37.8 cm³/mol. The Hall–Kier alpha value is -1.04. The lowest BCUT2D eigenvalue weighted by atomic mass is 10.5.